The van der Waals surface area contributed by atoms with E-state index in [1.165, 1.54) is 50.1 Å². The molecule has 0 aliphatic rings. The molecule has 0 aliphatic heterocycles. The number of benzene rings is 3. The summed E-state index contributed by atoms with van der Waals surface area (Å²) in [6.45, 7) is 19.4. The summed E-state index contributed by atoms with van der Waals surface area (Å²) >= 11 is 0. The Hall–Kier alpha value is -3.12. The molecule has 0 spiro atoms. The minimum absolute atomic E-state index is 0.848. The quantitative estimate of drug-likeness (QED) is 0.369. The first-order valence-corrected chi connectivity index (χ1v) is 11.0. The first-order chi connectivity index (χ1) is 14.8. The average Bonchev–Trinajstić information content (AvgIpc) is 2.74. The monoisotopic (exact) mass is 406 g/mol. The van der Waals surface area contributed by atoms with Crippen LogP contribution >= 0.6 is 0 Å². The third-order valence-electron chi connectivity index (χ3n) is 6.21. The van der Waals surface area contributed by atoms with Gasteiger partial charge in [0.25, 0.3) is 0 Å². The van der Waals surface area contributed by atoms with Crippen LogP contribution in [-0.2, 0) is 12.8 Å². The Balaban J connectivity index is 1.81. The van der Waals surface area contributed by atoms with Gasteiger partial charge < -0.3 is 0 Å². The summed E-state index contributed by atoms with van der Waals surface area (Å²) < 4.78 is 0. The van der Waals surface area contributed by atoms with Crippen LogP contribution in [0, 0.1) is 27.7 Å². The number of rotatable bonds is 7. The van der Waals surface area contributed by atoms with Crippen molar-refractivity contribution in [1.29, 1.82) is 0 Å². The minimum Gasteiger partial charge on any atom is -0.0949 e. The highest BCUT2D eigenvalue weighted by molar-refractivity contribution is 5.70. The molecule has 158 valence electrons. The number of hydrogen-bond acceptors (Lipinski definition) is 0. The molecule has 0 atom stereocenters. The van der Waals surface area contributed by atoms with Crippen molar-refractivity contribution in [2.75, 3.05) is 0 Å². The highest BCUT2D eigenvalue weighted by Crippen LogP contribution is 2.26. The van der Waals surface area contributed by atoms with Gasteiger partial charge in [0.2, 0.25) is 0 Å². The summed E-state index contributed by atoms with van der Waals surface area (Å²) in [6.07, 6.45) is 6.01. The van der Waals surface area contributed by atoms with E-state index in [9.17, 15) is 0 Å². The van der Waals surface area contributed by atoms with E-state index in [1.807, 2.05) is 0 Å². The maximum atomic E-state index is 4.38. The molecule has 0 bridgehead atoms. The van der Waals surface area contributed by atoms with Crippen LogP contribution in [-0.4, -0.2) is 0 Å². The Morgan fingerprint density at radius 2 is 1.23 bits per heavy atom. The minimum atomic E-state index is 0.848. The molecular formula is C31H34. The molecule has 0 nitrogen and oxygen atoms in total. The number of hydrogen-bond donors (Lipinski definition) is 0. The van der Waals surface area contributed by atoms with Crippen molar-refractivity contribution in [3.63, 3.8) is 0 Å². The van der Waals surface area contributed by atoms with Gasteiger partial charge in [-0.2, -0.15) is 0 Å². The van der Waals surface area contributed by atoms with Crippen molar-refractivity contribution >= 4 is 17.2 Å². The molecule has 3 rings (SSSR count). The molecule has 0 fully saturated rings. The summed E-state index contributed by atoms with van der Waals surface area (Å²) in [6, 6.07) is 20.0. The number of allylic oxidation sites excluding steroid dienone is 3. The highest BCUT2D eigenvalue weighted by atomic mass is 14.1. The molecule has 0 N–H and O–H groups in total. The lowest BCUT2D eigenvalue weighted by Gasteiger charge is -2.14. The second-order valence-electron chi connectivity index (χ2n) is 8.69. The van der Waals surface area contributed by atoms with E-state index in [0.29, 0.717) is 0 Å². The van der Waals surface area contributed by atoms with E-state index < -0.39 is 0 Å². The SMILES string of the molecule is C=C(Cc1ccc(CC(=C)c2ccc(C)c(C)c2)c(/C=C\C)c1)c1ccc(C)c(C)c1. The Morgan fingerprint density at radius 3 is 1.74 bits per heavy atom. The molecule has 0 heteroatoms. The molecule has 31 heavy (non-hydrogen) atoms. The molecule has 3 aromatic rings. The predicted molar refractivity (Wildman–Crippen MR) is 138 cm³/mol. The zero-order valence-electron chi connectivity index (χ0n) is 19.7. The molecule has 0 heterocycles. The average molecular weight is 407 g/mol. The van der Waals surface area contributed by atoms with Gasteiger partial charge in [-0.1, -0.05) is 79.9 Å². The Morgan fingerprint density at radius 1 is 0.677 bits per heavy atom. The van der Waals surface area contributed by atoms with E-state index in [0.717, 1.165) is 24.0 Å². The second kappa shape index (κ2) is 9.79. The maximum absolute atomic E-state index is 4.38. The lowest BCUT2D eigenvalue weighted by atomic mass is 9.91. The van der Waals surface area contributed by atoms with Gasteiger partial charge in [0.05, 0.1) is 0 Å². The van der Waals surface area contributed by atoms with Crippen LogP contribution in [0.1, 0.15) is 57.0 Å². The Bertz CT molecular complexity index is 1150. The smallest absolute Gasteiger partial charge is 0.00198 e. The molecular weight excluding hydrogens is 372 g/mol. The third kappa shape index (κ3) is 5.52. The van der Waals surface area contributed by atoms with E-state index in [4.69, 9.17) is 0 Å². The van der Waals surface area contributed by atoms with Gasteiger partial charge in [-0.05, 0) is 109 Å². The van der Waals surface area contributed by atoms with Crippen molar-refractivity contribution in [3.05, 3.63) is 124 Å². The van der Waals surface area contributed by atoms with Crippen LogP contribution in [0.5, 0.6) is 0 Å². The Labute approximate surface area is 188 Å². The summed E-state index contributed by atoms with van der Waals surface area (Å²) in [5, 5.41) is 0. The molecule has 0 aromatic heterocycles. The molecule has 0 saturated carbocycles. The van der Waals surface area contributed by atoms with Gasteiger partial charge in [0.15, 0.2) is 0 Å². The van der Waals surface area contributed by atoms with Crippen molar-refractivity contribution in [1.82, 2.24) is 0 Å². The van der Waals surface area contributed by atoms with Crippen molar-refractivity contribution < 1.29 is 0 Å². The molecule has 0 aliphatic carbocycles. The summed E-state index contributed by atoms with van der Waals surface area (Å²) in [7, 11) is 0. The second-order valence-corrected chi connectivity index (χ2v) is 8.69. The van der Waals surface area contributed by atoms with Gasteiger partial charge in [-0.25, -0.2) is 0 Å². The maximum Gasteiger partial charge on any atom is -0.00198 e. The van der Waals surface area contributed by atoms with Crippen molar-refractivity contribution in [3.8, 4) is 0 Å². The zero-order valence-corrected chi connectivity index (χ0v) is 19.7. The van der Waals surface area contributed by atoms with Gasteiger partial charge in [0, 0.05) is 0 Å². The van der Waals surface area contributed by atoms with Crippen LogP contribution in [0.4, 0.5) is 0 Å². The Kier molecular flexibility index (Phi) is 7.13. The predicted octanol–water partition coefficient (Wildman–Crippen LogP) is 8.47. The van der Waals surface area contributed by atoms with Crippen molar-refractivity contribution in [2.24, 2.45) is 0 Å². The van der Waals surface area contributed by atoms with Crippen LogP contribution in [0.15, 0.2) is 73.8 Å². The van der Waals surface area contributed by atoms with E-state index in [-0.39, 0.29) is 0 Å². The fourth-order valence-corrected chi connectivity index (χ4v) is 3.85. The molecule has 0 unspecified atom stereocenters. The summed E-state index contributed by atoms with van der Waals surface area (Å²) in [5.41, 5.74) is 13.9. The van der Waals surface area contributed by atoms with Crippen LogP contribution < -0.4 is 0 Å². The van der Waals surface area contributed by atoms with Gasteiger partial charge in [-0.3, -0.25) is 0 Å². The van der Waals surface area contributed by atoms with Crippen LogP contribution in [0.3, 0.4) is 0 Å². The van der Waals surface area contributed by atoms with Crippen LogP contribution in [0.2, 0.25) is 0 Å². The van der Waals surface area contributed by atoms with E-state index in [2.05, 4.69) is 115 Å². The topological polar surface area (TPSA) is 0 Å². The lowest BCUT2D eigenvalue weighted by Crippen LogP contribution is -1.97. The normalized spacial score (nSPS) is 11.1. The van der Waals surface area contributed by atoms with Gasteiger partial charge in [0.1, 0.15) is 0 Å². The molecule has 0 saturated heterocycles. The molecule has 0 amide bonds. The lowest BCUT2D eigenvalue weighted by molar-refractivity contribution is 1.21. The highest BCUT2D eigenvalue weighted by Gasteiger charge is 2.09. The molecule has 3 aromatic carbocycles. The standard InChI is InChI=1S/C31H34/c1-8-9-30-20-27(16-25(6)28-13-10-21(2)23(4)17-28)12-15-31(30)19-26(7)29-14-11-22(3)24(5)18-29/h8-15,17-18,20H,6-7,16,19H2,1-5H3/b9-8-. The third-order valence-corrected chi connectivity index (χ3v) is 6.21. The largest absolute Gasteiger partial charge is 0.0949 e. The zero-order chi connectivity index (χ0) is 22.5. The fraction of sp³-hybridized carbons (Fsp3) is 0.226. The number of aryl methyl sites for hydroxylation is 4. The fourth-order valence-electron chi connectivity index (χ4n) is 3.85. The molecule has 0 radical (unpaired) electrons. The van der Waals surface area contributed by atoms with Crippen LogP contribution in [0.25, 0.3) is 17.2 Å². The van der Waals surface area contributed by atoms with Crippen molar-refractivity contribution in [2.45, 2.75) is 47.5 Å². The first kappa shape index (κ1) is 22.6. The summed E-state index contributed by atoms with van der Waals surface area (Å²) in [4.78, 5) is 0. The van der Waals surface area contributed by atoms with E-state index in [1.54, 1.807) is 0 Å². The first-order valence-electron chi connectivity index (χ1n) is 11.0. The van der Waals surface area contributed by atoms with E-state index >= 15 is 0 Å². The van der Waals surface area contributed by atoms with Gasteiger partial charge in [-0.15, -0.1) is 0 Å². The van der Waals surface area contributed by atoms with Gasteiger partial charge >= 0.3 is 0 Å². The summed E-state index contributed by atoms with van der Waals surface area (Å²) in [5.74, 6) is 0.